The maximum Gasteiger partial charge on any atom is 0.324 e. The Morgan fingerprint density at radius 3 is 2.27 bits per heavy atom. The van der Waals surface area contributed by atoms with Gasteiger partial charge in [0.25, 0.3) is 10.2 Å². The van der Waals surface area contributed by atoms with E-state index in [0.29, 0.717) is 0 Å². The molecule has 0 radical (unpaired) electrons. The first kappa shape index (κ1) is 14.3. The fraction of sp³-hybridized carbons (Fsp3) is 0.857. The van der Waals surface area contributed by atoms with Crippen LogP contribution < -0.4 is 9.44 Å². The van der Waals surface area contributed by atoms with Crippen LogP contribution in [0.1, 0.15) is 13.8 Å². The summed E-state index contributed by atoms with van der Waals surface area (Å²) in [5.74, 6) is -1.31. The molecule has 7 nitrogen and oxygen atoms in total. The molecule has 0 aliphatic rings. The fourth-order valence-corrected chi connectivity index (χ4v) is 1.86. The summed E-state index contributed by atoms with van der Waals surface area (Å²) in [6.45, 7) is 3.03. The second kappa shape index (κ2) is 6.01. The van der Waals surface area contributed by atoms with Crippen LogP contribution in [0.2, 0.25) is 0 Å². The molecular weight excluding hydrogens is 224 g/mol. The number of hydrogen-bond donors (Lipinski definition) is 4. The van der Waals surface area contributed by atoms with Crippen molar-refractivity contribution in [1.29, 1.82) is 0 Å². The van der Waals surface area contributed by atoms with E-state index in [0.717, 1.165) is 0 Å². The lowest BCUT2D eigenvalue weighted by atomic mass is 10.2. The quantitative estimate of drug-likeness (QED) is 0.433. The van der Waals surface area contributed by atoms with E-state index in [1.165, 1.54) is 0 Å². The van der Waals surface area contributed by atoms with Crippen molar-refractivity contribution in [2.24, 2.45) is 5.92 Å². The third kappa shape index (κ3) is 6.39. The van der Waals surface area contributed by atoms with Crippen LogP contribution in [-0.4, -0.2) is 43.8 Å². The topological polar surface area (TPSA) is 116 Å². The molecular formula is C7H16N2O5S. The van der Waals surface area contributed by atoms with Crippen LogP contribution in [0.5, 0.6) is 0 Å². The first-order valence-electron chi connectivity index (χ1n) is 4.39. The number of carboxylic acids is 1. The largest absolute Gasteiger partial charge is 0.480 e. The van der Waals surface area contributed by atoms with Crippen LogP contribution in [0.4, 0.5) is 0 Å². The van der Waals surface area contributed by atoms with E-state index >= 15 is 0 Å². The number of carboxylic acid groups (broad SMARTS) is 1. The van der Waals surface area contributed by atoms with Crippen LogP contribution in [0.25, 0.3) is 0 Å². The van der Waals surface area contributed by atoms with E-state index in [4.69, 9.17) is 10.2 Å². The van der Waals surface area contributed by atoms with E-state index < -0.39 is 28.8 Å². The zero-order valence-corrected chi connectivity index (χ0v) is 9.41. The van der Waals surface area contributed by atoms with Gasteiger partial charge >= 0.3 is 5.97 Å². The first-order chi connectivity index (χ1) is 6.78. The van der Waals surface area contributed by atoms with Gasteiger partial charge < -0.3 is 10.2 Å². The summed E-state index contributed by atoms with van der Waals surface area (Å²) in [4.78, 5) is 10.4. The molecule has 0 aliphatic carbocycles. The monoisotopic (exact) mass is 240 g/mol. The molecule has 0 spiro atoms. The number of rotatable bonds is 7. The maximum absolute atomic E-state index is 11.2. The van der Waals surface area contributed by atoms with Crippen LogP contribution >= 0.6 is 0 Å². The van der Waals surface area contributed by atoms with Gasteiger partial charge in [-0.2, -0.15) is 13.1 Å². The summed E-state index contributed by atoms with van der Waals surface area (Å²) in [6, 6.07) is -1.52. The van der Waals surface area contributed by atoms with Gasteiger partial charge in [0.1, 0.15) is 6.04 Å². The van der Waals surface area contributed by atoms with E-state index in [1.807, 2.05) is 18.6 Å². The van der Waals surface area contributed by atoms with Crippen LogP contribution in [0, 0.1) is 5.92 Å². The molecule has 0 saturated carbocycles. The minimum atomic E-state index is -3.87. The third-order valence-electron chi connectivity index (χ3n) is 1.46. The molecule has 0 rings (SSSR count). The molecule has 0 amide bonds. The average molecular weight is 240 g/mol. The van der Waals surface area contributed by atoms with E-state index in [9.17, 15) is 13.2 Å². The second-order valence-electron chi connectivity index (χ2n) is 3.44. The Bertz CT molecular complexity index is 301. The fourth-order valence-electron chi connectivity index (χ4n) is 0.671. The normalized spacial score (nSPS) is 14.1. The summed E-state index contributed by atoms with van der Waals surface area (Å²) in [7, 11) is -3.87. The highest BCUT2D eigenvalue weighted by molar-refractivity contribution is 7.87. The molecule has 8 heteroatoms. The van der Waals surface area contributed by atoms with Gasteiger partial charge in [0, 0.05) is 6.54 Å². The predicted octanol–water partition coefficient (Wildman–Crippen LogP) is -1.49. The van der Waals surface area contributed by atoms with E-state index in [-0.39, 0.29) is 12.5 Å². The highest BCUT2D eigenvalue weighted by Crippen LogP contribution is 1.91. The Labute approximate surface area is 88.7 Å². The number of aliphatic hydroxyl groups excluding tert-OH is 1. The molecule has 0 aromatic heterocycles. The Balaban J connectivity index is 4.30. The van der Waals surface area contributed by atoms with Gasteiger partial charge in [-0.05, 0) is 5.92 Å². The lowest BCUT2D eigenvalue weighted by molar-refractivity contribution is -0.139. The number of nitrogens with one attached hydrogen (secondary N) is 2. The summed E-state index contributed by atoms with van der Waals surface area (Å²) < 4.78 is 26.4. The molecule has 0 heterocycles. The minimum absolute atomic E-state index is 0.110. The van der Waals surface area contributed by atoms with Crippen LogP contribution in [0.15, 0.2) is 0 Å². The zero-order chi connectivity index (χ0) is 12.1. The maximum atomic E-state index is 11.2. The molecule has 15 heavy (non-hydrogen) atoms. The first-order valence-corrected chi connectivity index (χ1v) is 5.87. The Morgan fingerprint density at radius 2 is 1.93 bits per heavy atom. The number of carbonyl (C=O) groups is 1. The lowest BCUT2D eigenvalue weighted by Crippen LogP contribution is -2.48. The second-order valence-corrected chi connectivity index (χ2v) is 4.97. The van der Waals surface area contributed by atoms with Gasteiger partial charge in [-0.25, -0.2) is 4.72 Å². The molecule has 0 aliphatic heterocycles. The van der Waals surface area contributed by atoms with Gasteiger partial charge in [-0.15, -0.1) is 0 Å². The van der Waals surface area contributed by atoms with Crippen molar-refractivity contribution in [2.45, 2.75) is 19.9 Å². The molecule has 0 saturated heterocycles. The minimum Gasteiger partial charge on any atom is -0.480 e. The summed E-state index contributed by atoms with van der Waals surface area (Å²) in [5.41, 5.74) is 0. The summed E-state index contributed by atoms with van der Waals surface area (Å²) >= 11 is 0. The summed E-state index contributed by atoms with van der Waals surface area (Å²) in [6.07, 6.45) is 0. The zero-order valence-electron chi connectivity index (χ0n) is 8.60. The number of hydrogen-bond acceptors (Lipinski definition) is 4. The van der Waals surface area contributed by atoms with E-state index in [2.05, 4.69) is 4.72 Å². The van der Waals surface area contributed by atoms with Crippen molar-refractivity contribution in [1.82, 2.24) is 9.44 Å². The highest BCUT2D eigenvalue weighted by Gasteiger charge is 2.22. The summed E-state index contributed by atoms with van der Waals surface area (Å²) in [5, 5.41) is 17.1. The standard InChI is InChI=1S/C7H16N2O5S/c1-5(2)3-8-15(13,14)9-6(4-10)7(11)12/h5-6,8-10H,3-4H2,1-2H3,(H,11,12)/t6-/m1/s1. The molecule has 0 aromatic rings. The SMILES string of the molecule is CC(C)CNS(=O)(=O)N[C@H](CO)C(=O)O. The van der Waals surface area contributed by atoms with Crippen molar-refractivity contribution in [3.63, 3.8) is 0 Å². The van der Waals surface area contributed by atoms with Gasteiger partial charge in [0.05, 0.1) is 6.61 Å². The Hall–Kier alpha value is -0.700. The molecule has 1 atom stereocenters. The van der Waals surface area contributed by atoms with Crippen LogP contribution in [-0.2, 0) is 15.0 Å². The van der Waals surface area contributed by atoms with E-state index in [1.54, 1.807) is 0 Å². The van der Waals surface area contributed by atoms with Crippen molar-refractivity contribution in [2.75, 3.05) is 13.2 Å². The molecule has 4 N–H and O–H groups in total. The van der Waals surface area contributed by atoms with Crippen molar-refractivity contribution < 1.29 is 23.4 Å². The van der Waals surface area contributed by atoms with Crippen molar-refractivity contribution in [3.8, 4) is 0 Å². The molecule has 0 fully saturated rings. The molecule has 0 aromatic carbocycles. The van der Waals surface area contributed by atoms with Gasteiger partial charge in [-0.1, -0.05) is 13.8 Å². The van der Waals surface area contributed by atoms with Gasteiger partial charge in [0.15, 0.2) is 0 Å². The predicted molar refractivity (Wildman–Crippen MR) is 53.4 cm³/mol. The Morgan fingerprint density at radius 1 is 1.40 bits per heavy atom. The average Bonchev–Trinajstić information content (AvgIpc) is 2.11. The van der Waals surface area contributed by atoms with Crippen molar-refractivity contribution >= 4 is 16.2 Å². The molecule has 0 unspecified atom stereocenters. The molecule has 0 bridgehead atoms. The third-order valence-corrected chi connectivity index (χ3v) is 2.60. The highest BCUT2D eigenvalue weighted by atomic mass is 32.2. The van der Waals surface area contributed by atoms with Crippen molar-refractivity contribution in [3.05, 3.63) is 0 Å². The smallest absolute Gasteiger partial charge is 0.324 e. The molecule has 90 valence electrons. The Kier molecular flexibility index (Phi) is 5.73. The lowest BCUT2D eigenvalue weighted by Gasteiger charge is -2.13. The van der Waals surface area contributed by atoms with Gasteiger partial charge in [0.2, 0.25) is 0 Å². The number of aliphatic carboxylic acids is 1. The van der Waals surface area contributed by atoms with Gasteiger partial charge in [-0.3, -0.25) is 4.79 Å². The van der Waals surface area contributed by atoms with Crippen LogP contribution in [0.3, 0.4) is 0 Å². The number of aliphatic hydroxyl groups is 1.